The Bertz CT molecular complexity index is 860. The van der Waals surface area contributed by atoms with Gasteiger partial charge in [-0.3, -0.25) is 4.79 Å². The molecule has 6 nitrogen and oxygen atoms in total. The van der Waals surface area contributed by atoms with Crippen molar-refractivity contribution in [3.05, 3.63) is 54.0 Å². The van der Waals surface area contributed by atoms with E-state index in [1.165, 1.54) is 10.6 Å². The van der Waals surface area contributed by atoms with Gasteiger partial charge in [0, 0.05) is 6.54 Å². The summed E-state index contributed by atoms with van der Waals surface area (Å²) in [6.45, 7) is 4.82. The van der Waals surface area contributed by atoms with Crippen LogP contribution >= 0.6 is 0 Å². The molecule has 3 rings (SSSR count). The maximum Gasteiger partial charge on any atom is 0.243 e. The van der Waals surface area contributed by atoms with Crippen LogP contribution in [0.5, 0.6) is 0 Å². The smallest absolute Gasteiger partial charge is 0.243 e. The number of hydrogen-bond acceptors (Lipinski definition) is 4. The Labute approximate surface area is 160 Å². The van der Waals surface area contributed by atoms with Crippen molar-refractivity contribution in [1.29, 1.82) is 0 Å². The molecule has 1 aliphatic rings. The second-order valence-corrected chi connectivity index (χ2v) is 8.84. The molecule has 146 valence electrons. The number of carbonyl (C=O) groups is 1. The lowest BCUT2D eigenvalue weighted by Gasteiger charge is -2.23. The lowest BCUT2D eigenvalue weighted by molar-refractivity contribution is -0.124. The highest BCUT2D eigenvalue weighted by molar-refractivity contribution is 7.89. The van der Waals surface area contributed by atoms with Gasteiger partial charge in [0.15, 0.2) is 0 Å². The Morgan fingerprint density at radius 3 is 2.67 bits per heavy atom. The minimum atomic E-state index is -3.71. The van der Waals surface area contributed by atoms with Crippen LogP contribution in [0.15, 0.2) is 52.0 Å². The third-order valence-corrected chi connectivity index (χ3v) is 7.11. The zero-order valence-corrected chi connectivity index (χ0v) is 16.5. The van der Waals surface area contributed by atoms with Crippen LogP contribution in [-0.2, 0) is 21.4 Å². The number of amides is 1. The van der Waals surface area contributed by atoms with Crippen LogP contribution in [0, 0.1) is 0 Å². The second kappa shape index (κ2) is 8.27. The summed E-state index contributed by atoms with van der Waals surface area (Å²) in [6.07, 6.45) is 3.73. The highest BCUT2D eigenvalue weighted by atomic mass is 32.2. The van der Waals surface area contributed by atoms with Crippen LogP contribution in [0.4, 0.5) is 0 Å². The molecule has 0 saturated carbocycles. The maximum absolute atomic E-state index is 13.1. The first kappa shape index (κ1) is 19.6. The Kier molecular flexibility index (Phi) is 6.01. The molecule has 27 heavy (non-hydrogen) atoms. The largest absolute Gasteiger partial charge is 0.467 e. The van der Waals surface area contributed by atoms with Crippen molar-refractivity contribution in [3.8, 4) is 0 Å². The first-order valence-corrected chi connectivity index (χ1v) is 10.8. The van der Waals surface area contributed by atoms with E-state index in [4.69, 9.17) is 4.42 Å². The van der Waals surface area contributed by atoms with Crippen molar-refractivity contribution in [3.63, 3.8) is 0 Å². The summed E-state index contributed by atoms with van der Waals surface area (Å²) >= 11 is 0. The van der Waals surface area contributed by atoms with Gasteiger partial charge in [-0.05, 0) is 55.0 Å². The van der Waals surface area contributed by atoms with E-state index < -0.39 is 16.1 Å². The summed E-state index contributed by atoms with van der Waals surface area (Å²) in [6, 6.07) is 9.85. The topological polar surface area (TPSA) is 79.6 Å². The molecule has 2 heterocycles. The van der Waals surface area contributed by atoms with E-state index in [0.29, 0.717) is 31.1 Å². The first-order valence-electron chi connectivity index (χ1n) is 9.35. The molecule has 1 aromatic carbocycles. The first-order chi connectivity index (χ1) is 12.9. The van der Waals surface area contributed by atoms with Gasteiger partial charge in [0.05, 0.1) is 17.7 Å². The minimum Gasteiger partial charge on any atom is -0.467 e. The predicted molar refractivity (Wildman–Crippen MR) is 103 cm³/mol. The molecule has 1 fully saturated rings. The molecule has 1 amide bonds. The van der Waals surface area contributed by atoms with Crippen molar-refractivity contribution in [1.82, 2.24) is 9.62 Å². The fraction of sp³-hybridized carbons (Fsp3) is 0.450. The molecular weight excluding hydrogens is 364 g/mol. The summed E-state index contributed by atoms with van der Waals surface area (Å²) in [5.74, 6) is 0.730. The molecule has 1 saturated heterocycles. The van der Waals surface area contributed by atoms with E-state index in [-0.39, 0.29) is 17.3 Å². The van der Waals surface area contributed by atoms with Crippen molar-refractivity contribution >= 4 is 15.9 Å². The molecule has 0 unspecified atom stereocenters. The van der Waals surface area contributed by atoms with Gasteiger partial charge in [0.1, 0.15) is 11.8 Å². The SMILES string of the molecule is CC[C@@H](C)c1ccc(S(=O)(=O)N2CCC[C@H]2C(=O)NCc2ccco2)cc1. The maximum atomic E-state index is 13.1. The summed E-state index contributed by atoms with van der Waals surface area (Å²) < 4.78 is 32.6. The number of nitrogens with zero attached hydrogens (tertiary/aromatic N) is 1. The number of carbonyl (C=O) groups excluding carboxylic acids is 1. The van der Waals surface area contributed by atoms with Gasteiger partial charge in [-0.15, -0.1) is 0 Å². The molecule has 0 radical (unpaired) electrons. The zero-order chi connectivity index (χ0) is 19.4. The second-order valence-electron chi connectivity index (χ2n) is 6.95. The number of nitrogens with one attached hydrogen (secondary N) is 1. The van der Waals surface area contributed by atoms with Gasteiger partial charge in [-0.25, -0.2) is 8.42 Å². The Hall–Kier alpha value is -2.12. The van der Waals surface area contributed by atoms with Crippen molar-refractivity contribution in [2.24, 2.45) is 0 Å². The van der Waals surface area contributed by atoms with Crippen LogP contribution in [-0.4, -0.2) is 31.2 Å². The third kappa shape index (κ3) is 4.25. The Morgan fingerprint density at radius 2 is 2.04 bits per heavy atom. The highest BCUT2D eigenvalue weighted by Gasteiger charge is 2.39. The number of benzene rings is 1. The van der Waals surface area contributed by atoms with Gasteiger partial charge in [0.2, 0.25) is 15.9 Å². The van der Waals surface area contributed by atoms with Crippen LogP contribution < -0.4 is 5.32 Å². The minimum absolute atomic E-state index is 0.236. The summed E-state index contributed by atoms with van der Waals surface area (Å²) in [4.78, 5) is 12.8. The number of rotatable bonds is 7. The molecule has 7 heteroatoms. The lowest BCUT2D eigenvalue weighted by Crippen LogP contribution is -2.45. The highest BCUT2D eigenvalue weighted by Crippen LogP contribution is 2.28. The van der Waals surface area contributed by atoms with E-state index in [1.807, 2.05) is 12.1 Å². The van der Waals surface area contributed by atoms with Crippen molar-refractivity contribution < 1.29 is 17.6 Å². The number of hydrogen-bond donors (Lipinski definition) is 1. The Balaban J connectivity index is 1.73. The van der Waals surface area contributed by atoms with Gasteiger partial charge in [0.25, 0.3) is 0 Å². The van der Waals surface area contributed by atoms with Crippen molar-refractivity contribution in [2.45, 2.75) is 56.5 Å². The van der Waals surface area contributed by atoms with Gasteiger partial charge < -0.3 is 9.73 Å². The van der Waals surface area contributed by atoms with Gasteiger partial charge >= 0.3 is 0 Å². The molecule has 1 aromatic heterocycles. The third-order valence-electron chi connectivity index (χ3n) is 5.19. The predicted octanol–water partition coefficient (Wildman–Crippen LogP) is 3.26. The summed E-state index contributed by atoms with van der Waals surface area (Å²) in [5, 5.41) is 2.77. The fourth-order valence-electron chi connectivity index (χ4n) is 3.33. The van der Waals surface area contributed by atoms with E-state index in [9.17, 15) is 13.2 Å². The molecule has 2 atom stereocenters. The van der Waals surface area contributed by atoms with Crippen LogP contribution in [0.3, 0.4) is 0 Å². The zero-order valence-electron chi connectivity index (χ0n) is 15.7. The number of furan rings is 1. The average molecular weight is 391 g/mol. The quantitative estimate of drug-likeness (QED) is 0.787. The monoisotopic (exact) mass is 390 g/mol. The molecule has 0 aliphatic carbocycles. The van der Waals surface area contributed by atoms with Gasteiger partial charge in [-0.2, -0.15) is 4.31 Å². The fourth-order valence-corrected chi connectivity index (χ4v) is 4.99. The molecule has 0 bridgehead atoms. The standard InChI is InChI=1S/C20H26N2O4S/c1-3-15(2)16-8-10-18(11-9-16)27(24,25)22-12-4-7-19(22)20(23)21-14-17-6-5-13-26-17/h5-6,8-11,13,15,19H,3-4,7,12,14H2,1-2H3,(H,21,23)/t15-,19+/m1/s1. The lowest BCUT2D eigenvalue weighted by atomic mass is 9.99. The van der Waals surface area contributed by atoms with Crippen LogP contribution in [0.25, 0.3) is 0 Å². The van der Waals surface area contributed by atoms with Crippen LogP contribution in [0.1, 0.15) is 50.4 Å². The van der Waals surface area contributed by atoms with Gasteiger partial charge in [-0.1, -0.05) is 26.0 Å². The van der Waals surface area contributed by atoms with Crippen LogP contribution in [0.2, 0.25) is 0 Å². The average Bonchev–Trinajstić information content (AvgIpc) is 3.37. The molecule has 2 aromatic rings. The molecule has 0 spiro atoms. The summed E-state index contributed by atoms with van der Waals surface area (Å²) in [5.41, 5.74) is 1.12. The molecule has 1 N–H and O–H groups in total. The van der Waals surface area contributed by atoms with E-state index in [1.54, 1.807) is 24.3 Å². The normalized spacial score (nSPS) is 19.1. The van der Waals surface area contributed by atoms with E-state index >= 15 is 0 Å². The molecule has 1 aliphatic heterocycles. The molecular formula is C20H26N2O4S. The van der Waals surface area contributed by atoms with E-state index in [0.717, 1.165) is 12.0 Å². The van der Waals surface area contributed by atoms with Crippen molar-refractivity contribution in [2.75, 3.05) is 6.54 Å². The summed E-state index contributed by atoms with van der Waals surface area (Å²) in [7, 11) is -3.71. The van der Waals surface area contributed by atoms with E-state index in [2.05, 4.69) is 19.2 Å². The number of sulfonamides is 1. The Morgan fingerprint density at radius 1 is 1.30 bits per heavy atom.